The highest BCUT2D eigenvalue weighted by molar-refractivity contribution is 4.82. The van der Waals surface area contributed by atoms with Crippen molar-refractivity contribution in [3.8, 4) is 0 Å². The van der Waals surface area contributed by atoms with Gasteiger partial charge >= 0.3 is 0 Å². The summed E-state index contributed by atoms with van der Waals surface area (Å²) in [5, 5.41) is 18.2. The Morgan fingerprint density at radius 2 is 2.10 bits per heavy atom. The van der Waals surface area contributed by atoms with Gasteiger partial charge in [-0.15, -0.1) is 0 Å². The largest absolute Gasteiger partial charge is 0.389 e. The Hall–Kier alpha value is -0.160. The molecule has 60 valence electrons. The second-order valence-corrected chi connectivity index (χ2v) is 2.69. The van der Waals surface area contributed by atoms with Gasteiger partial charge in [-0.25, -0.2) is 0 Å². The average Bonchev–Trinajstić information content (AvgIpc) is 1.82. The zero-order valence-corrected chi connectivity index (χ0v) is 5.90. The third-order valence-electron chi connectivity index (χ3n) is 1.77. The van der Waals surface area contributed by atoms with Crippen molar-refractivity contribution in [1.29, 1.82) is 0 Å². The van der Waals surface area contributed by atoms with Crippen molar-refractivity contribution in [3.05, 3.63) is 0 Å². The van der Waals surface area contributed by atoms with Gasteiger partial charge in [0.05, 0.1) is 12.2 Å². The molecule has 0 spiro atoms. The first-order valence-electron chi connectivity index (χ1n) is 3.38. The van der Waals surface area contributed by atoms with Gasteiger partial charge in [0.1, 0.15) is 0 Å². The minimum absolute atomic E-state index is 0.311. The number of aliphatic hydroxyl groups excluding tert-OH is 2. The summed E-state index contributed by atoms with van der Waals surface area (Å²) in [6.07, 6.45) is -1.51. The molecular weight excluding hydrogens is 134 g/mol. The molecule has 1 saturated heterocycles. The number of hydrogen-bond acceptors (Lipinski definition) is 4. The molecule has 0 radical (unpaired) electrons. The monoisotopic (exact) mass is 147 g/mol. The second kappa shape index (κ2) is 2.84. The lowest BCUT2D eigenvalue weighted by molar-refractivity contribution is -0.198. The van der Waals surface area contributed by atoms with E-state index in [1.54, 1.807) is 6.92 Å². The standard InChI is InChI=1S/C6H13NO3/c1-3-6(9)4(7)2-5(8)10-3/h3-6,8-9H,2,7H2,1H3/t3-,4+,5?,6+/m1/s1. The van der Waals surface area contributed by atoms with E-state index in [0.29, 0.717) is 6.42 Å². The van der Waals surface area contributed by atoms with Crippen molar-refractivity contribution in [2.24, 2.45) is 5.73 Å². The maximum Gasteiger partial charge on any atom is 0.156 e. The van der Waals surface area contributed by atoms with Gasteiger partial charge in [0.2, 0.25) is 0 Å². The van der Waals surface area contributed by atoms with E-state index in [1.807, 2.05) is 0 Å². The zero-order chi connectivity index (χ0) is 7.72. The molecule has 4 heteroatoms. The number of rotatable bonds is 0. The first-order valence-corrected chi connectivity index (χ1v) is 3.38. The molecule has 10 heavy (non-hydrogen) atoms. The van der Waals surface area contributed by atoms with Crippen LogP contribution in [-0.2, 0) is 4.74 Å². The molecule has 1 fully saturated rings. The van der Waals surface area contributed by atoms with Crippen LogP contribution in [0.25, 0.3) is 0 Å². The lowest BCUT2D eigenvalue weighted by atomic mass is 10.0. The van der Waals surface area contributed by atoms with Crippen molar-refractivity contribution >= 4 is 0 Å². The topological polar surface area (TPSA) is 75.7 Å². The third kappa shape index (κ3) is 1.46. The van der Waals surface area contributed by atoms with E-state index in [4.69, 9.17) is 15.6 Å². The maximum atomic E-state index is 9.20. The highest BCUT2D eigenvalue weighted by Gasteiger charge is 2.31. The Morgan fingerprint density at radius 1 is 1.50 bits per heavy atom. The van der Waals surface area contributed by atoms with E-state index < -0.39 is 12.4 Å². The molecule has 1 unspecified atom stereocenters. The number of ether oxygens (including phenoxy) is 1. The molecular formula is C6H13NO3. The molecule has 1 rings (SSSR count). The van der Waals surface area contributed by atoms with Gasteiger partial charge in [0.25, 0.3) is 0 Å². The predicted octanol–water partition coefficient (Wildman–Crippen LogP) is -1.20. The molecule has 4 N–H and O–H groups in total. The SMILES string of the molecule is C[C@H]1OC(O)C[C@H](N)[C@H]1O. The molecule has 4 atom stereocenters. The summed E-state index contributed by atoms with van der Waals surface area (Å²) in [5.74, 6) is 0. The smallest absolute Gasteiger partial charge is 0.156 e. The fraction of sp³-hybridized carbons (Fsp3) is 1.00. The van der Waals surface area contributed by atoms with Crippen LogP contribution in [-0.4, -0.2) is 34.8 Å². The van der Waals surface area contributed by atoms with Gasteiger partial charge in [-0.3, -0.25) is 0 Å². The number of nitrogens with two attached hydrogens (primary N) is 1. The quantitative estimate of drug-likeness (QED) is 0.402. The molecule has 0 amide bonds. The highest BCUT2D eigenvalue weighted by atomic mass is 16.6. The van der Waals surface area contributed by atoms with Crippen LogP contribution in [0.4, 0.5) is 0 Å². The molecule has 0 aromatic heterocycles. The maximum absolute atomic E-state index is 9.20. The van der Waals surface area contributed by atoms with Gasteiger partial charge < -0.3 is 20.7 Å². The Kier molecular flexibility index (Phi) is 2.25. The van der Waals surface area contributed by atoms with E-state index in [2.05, 4.69) is 0 Å². The van der Waals surface area contributed by atoms with Crippen LogP contribution in [0.2, 0.25) is 0 Å². The van der Waals surface area contributed by atoms with Crippen LogP contribution in [0.3, 0.4) is 0 Å². The Labute approximate surface area is 59.6 Å². The van der Waals surface area contributed by atoms with Crippen LogP contribution < -0.4 is 5.73 Å². The summed E-state index contributed by atoms with van der Waals surface area (Å²) >= 11 is 0. The number of aliphatic hydroxyl groups is 2. The van der Waals surface area contributed by atoms with Gasteiger partial charge in [-0.2, -0.15) is 0 Å². The Balaban J connectivity index is 2.49. The van der Waals surface area contributed by atoms with Crippen LogP contribution in [0.15, 0.2) is 0 Å². The predicted molar refractivity (Wildman–Crippen MR) is 35.2 cm³/mol. The highest BCUT2D eigenvalue weighted by Crippen LogP contribution is 2.16. The number of hydrogen-bond donors (Lipinski definition) is 3. The lowest BCUT2D eigenvalue weighted by Gasteiger charge is -2.33. The molecule has 1 aliphatic rings. The molecule has 4 nitrogen and oxygen atoms in total. The normalized spacial score (nSPS) is 49.2. The molecule has 0 aromatic carbocycles. The summed E-state index contributed by atoms with van der Waals surface area (Å²) in [5.41, 5.74) is 5.47. The Bertz CT molecular complexity index is 108. The first-order chi connectivity index (χ1) is 4.61. The first kappa shape index (κ1) is 7.94. The third-order valence-corrected chi connectivity index (χ3v) is 1.77. The Morgan fingerprint density at radius 3 is 2.60 bits per heavy atom. The van der Waals surface area contributed by atoms with Gasteiger partial charge in [-0.1, -0.05) is 0 Å². The average molecular weight is 147 g/mol. The van der Waals surface area contributed by atoms with Crippen molar-refractivity contribution in [2.45, 2.75) is 37.9 Å². The molecule has 0 aromatic rings. The molecule has 0 aliphatic carbocycles. The van der Waals surface area contributed by atoms with Crippen LogP contribution >= 0.6 is 0 Å². The van der Waals surface area contributed by atoms with E-state index in [9.17, 15) is 5.11 Å². The molecule has 1 aliphatic heterocycles. The van der Waals surface area contributed by atoms with Gasteiger partial charge in [-0.05, 0) is 6.92 Å². The van der Waals surface area contributed by atoms with E-state index >= 15 is 0 Å². The minimum Gasteiger partial charge on any atom is -0.389 e. The van der Waals surface area contributed by atoms with E-state index in [1.165, 1.54) is 0 Å². The minimum atomic E-state index is -0.812. The summed E-state index contributed by atoms with van der Waals surface area (Å²) in [4.78, 5) is 0. The van der Waals surface area contributed by atoms with Gasteiger partial charge in [0, 0.05) is 12.5 Å². The van der Waals surface area contributed by atoms with E-state index in [-0.39, 0.29) is 12.1 Å². The molecule has 1 heterocycles. The van der Waals surface area contributed by atoms with Gasteiger partial charge in [0.15, 0.2) is 6.29 Å². The van der Waals surface area contributed by atoms with Crippen molar-refractivity contribution in [3.63, 3.8) is 0 Å². The van der Waals surface area contributed by atoms with Crippen LogP contribution in [0.5, 0.6) is 0 Å². The zero-order valence-electron chi connectivity index (χ0n) is 5.90. The van der Waals surface area contributed by atoms with Crippen molar-refractivity contribution in [1.82, 2.24) is 0 Å². The van der Waals surface area contributed by atoms with E-state index in [0.717, 1.165) is 0 Å². The lowest BCUT2D eigenvalue weighted by Crippen LogP contribution is -2.51. The molecule has 0 bridgehead atoms. The van der Waals surface area contributed by atoms with Crippen LogP contribution in [0, 0.1) is 0 Å². The summed E-state index contributed by atoms with van der Waals surface area (Å²) in [7, 11) is 0. The summed E-state index contributed by atoms with van der Waals surface area (Å²) < 4.78 is 4.89. The second-order valence-electron chi connectivity index (χ2n) is 2.69. The summed E-state index contributed by atoms with van der Waals surface area (Å²) in [6, 6.07) is -0.362. The van der Waals surface area contributed by atoms with Crippen LogP contribution in [0.1, 0.15) is 13.3 Å². The fourth-order valence-electron chi connectivity index (χ4n) is 1.10. The fourth-order valence-corrected chi connectivity index (χ4v) is 1.10. The summed E-state index contributed by atoms with van der Waals surface area (Å²) in [6.45, 7) is 1.69. The van der Waals surface area contributed by atoms with Crippen molar-refractivity contribution < 1.29 is 14.9 Å². The molecule has 0 saturated carbocycles. The van der Waals surface area contributed by atoms with Crippen molar-refractivity contribution in [2.75, 3.05) is 0 Å².